The Morgan fingerprint density at radius 1 is 1.30 bits per heavy atom. The lowest BCUT2D eigenvalue weighted by Crippen LogP contribution is -2.10. The molecule has 8 heteroatoms. The fourth-order valence-electron chi connectivity index (χ4n) is 1.66. The Balaban J connectivity index is 2.27. The van der Waals surface area contributed by atoms with Crippen LogP contribution in [-0.4, -0.2) is 20.6 Å². The van der Waals surface area contributed by atoms with E-state index in [1.807, 2.05) is 0 Å². The summed E-state index contributed by atoms with van der Waals surface area (Å²) in [4.78, 5) is 14.6. The molecule has 0 atom stereocenters. The second-order valence-electron chi connectivity index (χ2n) is 4.00. The van der Waals surface area contributed by atoms with Gasteiger partial charge in [0.1, 0.15) is 5.69 Å². The van der Waals surface area contributed by atoms with E-state index in [1.165, 1.54) is 16.7 Å². The second-order valence-corrected chi connectivity index (χ2v) is 4.34. The molecule has 0 aliphatic carbocycles. The number of carboxylic acids is 1. The summed E-state index contributed by atoms with van der Waals surface area (Å²) >= 11 is 5.75. The molecule has 1 aromatic carbocycles. The number of alkyl halides is 3. The van der Waals surface area contributed by atoms with Crippen LogP contribution in [0.4, 0.5) is 13.2 Å². The van der Waals surface area contributed by atoms with E-state index in [0.717, 1.165) is 18.3 Å². The molecule has 0 saturated heterocycles. The molecule has 0 spiro atoms. The van der Waals surface area contributed by atoms with Crippen LogP contribution in [0.15, 0.2) is 30.5 Å². The first kappa shape index (κ1) is 14.4. The molecular formula is C12H8ClF3N2O2. The van der Waals surface area contributed by atoms with Crippen LogP contribution in [0, 0.1) is 0 Å². The molecular weight excluding hydrogens is 297 g/mol. The summed E-state index contributed by atoms with van der Waals surface area (Å²) in [6.45, 7) is 0.0264. The van der Waals surface area contributed by atoms with Gasteiger partial charge < -0.3 is 9.67 Å². The van der Waals surface area contributed by atoms with E-state index in [-0.39, 0.29) is 17.5 Å². The standard InChI is InChI=1S/C12H8ClF3N2O2/c13-11-17-5-9(10(19)20)18(11)6-7-1-3-8(4-2-7)12(14,15)16/h1-5H,6H2,(H,19,20). The van der Waals surface area contributed by atoms with Gasteiger partial charge in [0.15, 0.2) is 0 Å². The van der Waals surface area contributed by atoms with Gasteiger partial charge in [-0.25, -0.2) is 9.78 Å². The van der Waals surface area contributed by atoms with Crippen LogP contribution in [0.1, 0.15) is 21.6 Å². The molecule has 1 heterocycles. The van der Waals surface area contributed by atoms with Gasteiger partial charge in [-0.2, -0.15) is 13.2 Å². The smallest absolute Gasteiger partial charge is 0.416 e. The SMILES string of the molecule is O=C(O)c1cnc(Cl)n1Cc1ccc(C(F)(F)F)cc1. The van der Waals surface area contributed by atoms with Crippen molar-refractivity contribution in [2.75, 3.05) is 0 Å². The number of halogens is 4. The topological polar surface area (TPSA) is 55.1 Å². The van der Waals surface area contributed by atoms with E-state index in [9.17, 15) is 18.0 Å². The summed E-state index contributed by atoms with van der Waals surface area (Å²) in [6, 6.07) is 4.40. The predicted molar refractivity (Wildman–Crippen MR) is 64.7 cm³/mol. The molecule has 0 saturated carbocycles. The fourth-order valence-corrected chi connectivity index (χ4v) is 1.86. The quantitative estimate of drug-likeness (QED) is 0.946. The average molecular weight is 305 g/mol. The van der Waals surface area contributed by atoms with Crippen molar-refractivity contribution in [1.29, 1.82) is 0 Å². The first-order valence-electron chi connectivity index (χ1n) is 5.39. The number of nitrogens with zero attached hydrogens (tertiary/aromatic N) is 2. The lowest BCUT2D eigenvalue weighted by Gasteiger charge is -2.09. The molecule has 0 unspecified atom stereocenters. The Kier molecular flexibility index (Phi) is 3.71. The molecule has 0 aliphatic heterocycles. The maximum atomic E-state index is 12.4. The van der Waals surface area contributed by atoms with Gasteiger partial charge in [0.2, 0.25) is 5.28 Å². The van der Waals surface area contributed by atoms with Gasteiger partial charge in [0, 0.05) is 0 Å². The molecule has 2 rings (SSSR count). The van der Waals surface area contributed by atoms with Gasteiger partial charge in [0.25, 0.3) is 0 Å². The number of carbonyl (C=O) groups is 1. The largest absolute Gasteiger partial charge is 0.477 e. The number of imidazole rings is 1. The number of carboxylic acid groups (broad SMARTS) is 1. The second kappa shape index (κ2) is 5.16. The Bertz CT molecular complexity index is 635. The van der Waals surface area contributed by atoms with Crippen molar-refractivity contribution >= 4 is 17.6 Å². The van der Waals surface area contributed by atoms with E-state index in [4.69, 9.17) is 16.7 Å². The third kappa shape index (κ3) is 2.93. The first-order chi connectivity index (χ1) is 9.29. The normalized spacial score (nSPS) is 11.6. The molecule has 0 fully saturated rings. The number of aromatic carboxylic acids is 1. The van der Waals surface area contributed by atoms with Crippen molar-refractivity contribution in [3.63, 3.8) is 0 Å². The summed E-state index contributed by atoms with van der Waals surface area (Å²) < 4.78 is 38.5. The van der Waals surface area contributed by atoms with Crippen molar-refractivity contribution in [2.45, 2.75) is 12.7 Å². The van der Waals surface area contributed by atoms with Gasteiger partial charge in [-0.1, -0.05) is 12.1 Å². The number of hydrogen-bond acceptors (Lipinski definition) is 2. The summed E-state index contributed by atoms with van der Waals surface area (Å²) in [5, 5.41) is 8.90. The van der Waals surface area contributed by atoms with Crippen molar-refractivity contribution in [3.05, 3.63) is 52.6 Å². The lowest BCUT2D eigenvalue weighted by molar-refractivity contribution is -0.137. The van der Waals surface area contributed by atoms with E-state index in [2.05, 4.69) is 4.98 Å². The fraction of sp³-hybridized carbons (Fsp3) is 0.167. The van der Waals surface area contributed by atoms with Crippen LogP contribution in [0.5, 0.6) is 0 Å². The number of rotatable bonds is 3. The van der Waals surface area contributed by atoms with Crippen LogP contribution in [0.2, 0.25) is 5.28 Å². The predicted octanol–water partition coefficient (Wildman–Crippen LogP) is 3.30. The summed E-state index contributed by atoms with van der Waals surface area (Å²) in [5.41, 5.74) is -0.410. The molecule has 4 nitrogen and oxygen atoms in total. The van der Waals surface area contributed by atoms with E-state index in [0.29, 0.717) is 5.56 Å². The van der Waals surface area contributed by atoms with E-state index in [1.54, 1.807) is 0 Å². The van der Waals surface area contributed by atoms with Crippen molar-refractivity contribution < 1.29 is 23.1 Å². The molecule has 0 amide bonds. The molecule has 106 valence electrons. The minimum absolute atomic E-state index is 0.0264. The molecule has 0 radical (unpaired) electrons. The third-order valence-corrected chi connectivity index (χ3v) is 2.95. The van der Waals surface area contributed by atoms with Gasteiger partial charge in [-0.15, -0.1) is 0 Å². The van der Waals surface area contributed by atoms with Crippen molar-refractivity contribution in [1.82, 2.24) is 9.55 Å². The molecule has 0 aliphatic rings. The minimum atomic E-state index is -4.41. The van der Waals surface area contributed by atoms with Crippen LogP contribution in [0.3, 0.4) is 0 Å². The average Bonchev–Trinajstić information content (AvgIpc) is 2.71. The molecule has 1 aromatic heterocycles. The first-order valence-corrected chi connectivity index (χ1v) is 5.77. The highest BCUT2D eigenvalue weighted by Crippen LogP contribution is 2.29. The monoisotopic (exact) mass is 304 g/mol. The Morgan fingerprint density at radius 2 is 1.90 bits per heavy atom. The molecule has 2 aromatic rings. The van der Waals surface area contributed by atoms with Crippen molar-refractivity contribution in [3.8, 4) is 0 Å². The number of benzene rings is 1. The Morgan fingerprint density at radius 3 is 2.40 bits per heavy atom. The molecule has 20 heavy (non-hydrogen) atoms. The molecule has 0 bridgehead atoms. The Labute approximate surface area is 116 Å². The number of aromatic nitrogens is 2. The van der Waals surface area contributed by atoms with E-state index >= 15 is 0 Å². The van der Waals surface area contributed by atoms with Crippen LogP contribution >= 0.6 is 11.6 Å². The zero-order chi connectivity index (χ0) is 14.9. The lowest BCUT2D eigenvalue weighted by atomic mass is 10.1. The summed E-state index contributed by atoms with van der Waals surface area (Å²) in [7, 11) is 0. The highest BCUT2D eigenvalue weighted by Gasteiger charge is 2.30. The maximum absolute atomic E-state index is 12.4. The summed E-state index contributed by atoms with van der Waals surface area (Å²) in [5.74, 6) is -1.21. The van der Waals surface area contributed by atoms with Crippen molar-refractivity contribution in [2.24, 2.45) is 0 Å². The highest BCUT2D eigenvalue weighted by molar-refractivity contribution is 6.28. The summed E-state index contributed by atoms with van der Waals surface area (Å²) in [6.07, 6.45) is -3.31. The third-order valence-electron chi connectivity index (χ3n) is 2.65. The highest BCUT2D eigenvalue weighted by atomic mass is 35.5. The van der Waals surface area contributed by atoms with Gasteiger partial charge in [0.05, 0.1) is 18.3 Å². The van der Waals surface area contributed by atoms with Crippen LogP contribution in [0.25, 0.3) is 0 Å². The van der Waals surface area contributed by atoms with Crippen LogP contribution in [-0.2, 0) is 12.7 Å². The zero-order valence-corrected chi connectivity index (χ0v) is 10.6. The van der Waals surface area contributed by atoms with Gasteiger partial charge in [-0.3, -0.25) is 0 Å². The van der Waals surface area contributed by atoms with E-state index < -0.39 is 17.7 Å². The number of hydrogen-bond donors (Lipinski definition) is 1. The molecule has 1 N–H and O–H groups in total. The minimum Gasteiger partial charge on any atom is -0.477 e. The van der Waals surface area contributed by atoms with Gasteiger partial charge in [-0.05, 0) is 29.3 Å². The van der Waals surface area contributed by atoms with Gasteiger partial charge >= 0.3 is 12.1 Å². The van der Waals surface area contributed by atoms with Crippen LogP contribution < -0.4 is 0 Å². The maximum Gasteiger partial charge on any atom is 0.416 e. The Hall–Kier alpha value is -2.02. The zero-order valence-electron chi connectivity index (χ0n) is 9.86.